The topological polar surface area (TPSA) is 72.3 Å². The second-order valence-electron chi connectivity index (χ2n) is 7.92. The molecule has 0 saturated heterocycles. The Hall–Kier alpha value is -3.02. The predicted octanol–water partition coefficient (Wildman–Crippen LogP) is 2.67. The lowest BCUT2D eigenvalue weighted by Gasteiger charge is -2.39. The van der Waals surface area contributed by atoms with Crippen LogP contribution in [0.2, 0.25) is 0 Å². The smallest absolute Gasteiger partial charge is 0.272 e. The van der Waals surface area contributed by atoms with Crippen molar-refractivity contribution in [2.24, 2.45) is 0 Å². The van der Waals surface area contributed by atoms with Gasteiger partial charge in [0.25, 0.3) is 5.56 Å². The highest BCUT2D eigenvalue weighted by atomic mass is 31.0. The van der Waals surface area contributed by atoms with Crippen molar-refractivity contribution in [2.75, 3.05) is 12.0 Å². The number of nitrogens with zero attached hydrogens (tertiary/aromatic N) is 4. The molecular formula is C23H24N5O2P. The lowest BCUT2D eigenvalue weighted by molar-refractivity contribution is 0.204. The van der Waals surface area contributed by atoms with E-state index in [1.807, 2.05) is 31.2 Å². The van der Waals surface area contributed by atoms with Gasteiger partial charge in [0.15, 0.2) is 5.82 Å². The van der Waals surface area contributed by atoms with Crippen LogP contribution in [-0.4, -0.2) is 32.3 Å². The first-order valence-electron chi connectivity index (χ1n) is 10.3. The van der Waals surface area contributed by atoms with Crippen LogP contribution in [0.4, 0.5) is 0 Å². The zero-order valence-corrected chi connectivity index (χ0v) is 18.7. The van der Waals surface area contributed by atoms with Crippen LogP contribution >= 0.6 is 9.24 Å². The molecule has 1 aromatic carbocycles. The quantitative estimate of drug-likeness (QED) is 0.641. The molecule has 2 atom stereocenters. The molecule has 2 unspecified atom stereocenters. The van der Waals surface area contributed by atoms with Crippen LogP contribution in [0.25, 0.3) is 5.57 Å². The summed E-state index contributed by atoms with van der Waals surface area (Å²) in [5.74, 6) is 2.20. The van der Waals surface area contributed by atoms with E-state index >= 15 is 0 Å². The third-order valence-electron chi connectivity index (χ3n) is 5.99. The molecule has 7 nitrogen and oxygen atoms in total. The third kappa shape index (κ3) is 3.64. The van der Waals surface area contributed by atoms with Crippen LogP contribution in [-0.2, 0) is 13.0 Å². The molecule has 8 heteroatoms. The fourth-order valence-electron chi connectivity index (χ4n) is 4.16. The Morgan fingerprint density at radius 1 is 1.19 bits per heavy atom. The van der Waals surface area contributed by atoms with Gasteiger partial charge in [-0.3, -0.25) is 20.1 Å². The Morgan fingerprint density at radius 3 is 2.87 bits per heavy atom. The van der Waals surface area contributed by atoms with Gasteiger partial charge in [-0.1, -0.05) is 18.2 Å². The standard InChI is InChI=1S/C23H24N5O2P/c1-14-15(2)23(26-28-21(29)7-9-24-22(14)28)27-10-8-18-16(13-27)11-17(12-25-18)30-19-5-3-4-6-20(19)31/h3-7,9,11-12,23,26H,8,10,13,31H2,1-2H3. The summed E-state index contributed by atoms with van der Waals surface area (Å²) in [6.07, 6.45) is 4.11. The molecule has 0 bridgehead atoms. The number of benzene rings is 1. The molecule has 158 valence electrons. The first-order valence-corrected chi connectivity index (χ1v) is 10.9. The molecule has 4 heterocycles. The Balaban J connectivity index is 1.42. The lowest BCUT2D eigenvalue weighted by Crippen LogP contribution is -2.52. The van der Waals surface area contributed by atoms with E-state index in [1.54, 1.807) is 17.1 Å². The van der Waals surface area contributed by atoms with E-state index in [4.69, 9.17) is 4.74 Å². The molecule has 0 fully saturated rings. The number of ether oxygens (including phenoxy) is 1. The van der Waals surface area contributed by atoms with E-state index in [2.05, 4.69) is 42.5 Å². The van der Waals surface area contributed by atoms with E-state index in [-0.39, 0.29) is 11.7 Å². The number of pyridine rings is 1. The van der Waals surface area contributed by atoms with Crippen molar-refractivity contribution in [2.45, 2.75) is 33.0 Å². The third-order valence-corrected chi connectivity index (χ3v) is 6.47. The SMILES string of the molecule is CC1=C(C)C(N2CCc3ncc(Oc4ccccc4P)cc3C2)Nn2c1nccc2=O. The molecule has 3 aromatic rings. The van der Waals surface area contributed by atoms with E-state index in [0.29, 0.717) is 12.4 Å². The zero-order valence-electron chi connectivity index (χ0n) is 17.5. The maximum absolute atomic E-state index is 12.4. The number of hydrogen-bond acceptors (Lipinski definition) is 6. The highest BCUT2D eigenvalue weighted by molar-refractivity contribution is 7.27. The van der Waals surface area contributed by atoms with Crippen molar-refractivity contribution in [3.05, 3.63) is 81.8 Å². The Bertz CT molecular complexity index is 1250. The number of rotatable bonds is 3. The van der Waals surface area contributed by atoms with Crippen molar-refractivity contribution in [1.82, 2.24) is 19.5 Å². The molecular weight excluding hydrogens is 409 g/mol. The van der Waals surface area contributed by atoms with Crippen LogP contribution in [0.15, 0.2) is 59.2 Å². The van der Waals surface area contributed by atoms with Crippen LogP contribution < -0.4 is 21.0 Å². The van der Waals surface area contributed by atoms with E-state index in [0.717, 1.165) is 46.6 Å². The van der Waals surface area contributed by atoms with Crippen molar-refractivity contribution in [3.63, 3.8) is 0 Å². The number of aromatic nitrogens is 3. The van der Waals surface area contributed by atoms with Gasteiger partial charge >= 0.3 is 0 Å². The fraction of sp³-hybridized carbons (Fsp3) is 0.261. The molecule has 0 aliphatic carbocycles. The van der Waals surface area contributed by atoms with Gasteiger partial charge in [0.1, 0.15) is 17.7 Å². The van der Waals surface area contributed by atoms with Gasteiger partial charge in [0.2, 0.25) is 0 Å². The van der Waals surface area contributed by atoms with Crippen molar-refractivity contribution < 1.29 is 4.74 Å². The maximum Gasteiger partial charge on any atom is 0.272 e. The molecule has 0 saturated carbocycles. The second-order valence-corrected chi connectivity index (χ2v) is 8.54. The van der Waals surface area contributed by atoms with Gasteiger partial charge in [-0.15, -0.1) is 9.24 Å². The minimum absolute atomic E-state index is 0.0834. The molecule has 0 amide bonds. The summed E-state index contributed by atoms with van der Waals surface area (Å²) in [6.45, 7) is 5.68. The average molecular weight is 433 g/mol. The van der Waals surface area contributed by atoms with E-state index < -0.39 is 0 Å². The number of fused-ring (bicyclic) bond motifs is 2. The average Bonchev–Trinajstić information content (AvgIpc) is 2.78. The van der Waals surface area contributed by atoms with Crippen molar-refractivity contribution in [1.29, 1.82) is 0 Å². The number of nitrogens with one attached hydrogen (secondary N) is 1. The summed E-state index contributed by atoms with van der Waals surface area (Å²) in [5, 5.41) is 1.00. The Morgan fingerprint density at radius 2 is 2.03 bits per heavy atom. The summed E-state index contributed by atoms with van der Waals surface area (Å²) in [6, 6.07) is 11.4. The van der Waals surface area contributed by atoms with E-state index in [1.165, 1.54) is 11.6 Å². The van der Waals surface area contributed by atoms with Crippen LogP contribution in [0, 0.1) is 0 Å². The van der Waals surface area contributed by atoms with Crippen LogP contribution in [0.3, 0.4) is 0 Å². The molecule has 1 N–H and O–H groups in total. The summed E-state index contributed by atoms with van der Waals surface area (Å²) in [4.78, 5) is 23.7. The molecule has 2 aliphatic heterocycles. The van der Waals surface area contributed by atoms with Crippen molar-refractivity contribution >= 4 is 20.1 Å². The lowest BCUT2D eigenvalue weighted by atomic mass is 10.0. The monoisotopic (exact) mass is 433 g/mol. The second kappa shape index (κ2) is 7.91. The zero-order chi connectivity index (χ0) is 21.5. The van der Waals surface area contributed by atoms with Crippen molar-refractivity contribution in [3.8, 4) is 11.5 Å². The highest BCUT2D eigenvalue weighted by Gasteiger charge is 2.31. The summed E-state index contributed by atoms with van der Waals surface area (Å²) >= 11 is 0. The predicted molar refractivity (Wildman–Crippen MR) is 124 cm³/mol. The molecule has 0 spiro atoms. The number of hydrogen-bond donors (Lipinski definition) is 1. The molecule has 2 aromatic heterocycles. The minimum Gasteiger partial charge on any atom is -0.455 e. The largest absolute Gasteiger partial charge is 0.455 e. The van der Waals surface area contributed by atoms with Crippen LogP contribution in [0.5, 0.6) is 11.5 Å². The Labute approximate surface area is 183 Å². The Kier molecular flexibility index (Phi) is 5.08. The van der Waals surface area contributed by atoms with Gasteiger partial charge in [0.05, 0.1) is 6.20 Å². The van der Waals surface area contributed by atoms with Crippen LogP contribution in [0.1, 0.15) is 30.9 Å². The first-order chi connectivity index (χ1) is 15.0. The van der Waals surface area contributed by atoms with Gasteiger partial charge in [-0.05, 0) is 42.7 Å². The first kappa shape index (κ1) is 19.9. The van der Waals surface area contributed by atoms with E-state index in [9.17, 15) is 4.79 Å². The normalized spacial score (nSPS) is 18.2. The summed E-state index contributed by atoms with van der Waals surface area (Å²) < 4.78 is 7.63. The maximum atomic E-state index is 12.4. The molecule has 2 aliphatic rings. The summed E-state index contributed by atoms with van der Waals surface area (Å²) in [7, 11) is 2.69. The van der Waals surface area contributed by atoms with Gasteiger partial charge in [-0.25, -0.2) is 9.66 Å². The van der Waals surface area contributed by atoms with Gasteiger partial charge < -0.3 is 4.74 Å². The van der Waals surface area contributed by atoms with Gasteiger partial charge in [0, 0.05) is 42.8 Å². The minimum atomic E-state index is -0.104. The van der Waals surface area contributed by atoms with Gasteiger partial charge in [-0.2, -0.15) is 0 Å². The number of allylic oxidation sites excluding steroid dienone is 1. The summed E-state index contributed by atoms with van der Waals surface area (Å²) in [5.41, 5.74) is 7.69. The number of para-hydroxylation sites is 1. The fourth-order valence-corrected chi connectivity index (χ4v) is 4.42. The highest BCUT2D eigenvalue weighted by Crippen LogP contribution is 2.30. The molecule has 0 radical (unpaired) electrons. The molecule has 31 heavy (non-hydrogen) atoms. The molecule has 5 rings (SSSR count).